The Balaban J connectivity index is 0.00000289. The lowest BCUT2D eigenvalue weighted by molar-refractivity contribution is -0.134. The molecule has 0 aromatic heterocycles. The second-order valence-electron chi connectivity index (χ2n) is 4.28. The average Bonchev–Trinajstić information content (AvgIpc) is 2.31. The number of amides is 1. The standard InChI is InChI=1S/C13H19BrN2O.ClH/c1-10(8-15-2)13(17)16(3)9-11-4-6-12(14)7-5-11;/h4-7,10,15H,8-9H2,1-3H3;1H. The quantitative estimate of drug-likeness (QED) is 0.897. The van der Waals surface area contributed by atoms with E-state index in [1.165, 1.54) is 0 Å². The molecular weight excluding hydrogens is 316 g/mol. The van der Waals surface area contributed by atoms with Crippen LogP contribution in [0, 0.1) is 5.92 Å². The minimum absolute atomic E-state index is 0. The van der Waals surface area contributed by atoms with Gasteiger partial charge in [0.15, 0.2) is 0 Å². The summed E-state index contributed by atoms with van der Waals surface area (Å²) in [5.41, 5.74) is 1.14. The number of nitrogens with one attached hydrogen (secondary N) is 1. The molecule has 3 nitrogen and oxygen atoms in total. The van der Waals surface area contributed by atoms with Gasteiger partial charge in [-0.2, -0.15) is 0 Å². The van der Waals surface area contributed by atoms with Gasteiger partial charge in [-0.3, -0.25) is 4.79 Å². The molecule has 0 aliphatic heterocycles. The lowest BCUT2D eigenvalue weighted by Crippen LogP contribution is -2.35. The Morgan fingerprint density at radius 1 is 1.39 bits per heavy atom. The van der Waals surface area contributed by atoms with Crippen LogP contribution in [0.4, 0.5) is 0 Å². The Kier molecular flexibility index (Phi) is 8.24. The van der Waals surface area contributed by atoms with E-state index in [0.717, 1.165) is 10.0 Å². The molecule has 1 atom stereocenters. The number of benzene rings is 1. The van der Waals surface area contributed by atoms with E-state index in [2.05, 4.69) is 21.2 Å². The molecule has 18 heavy (non-hydrogen) atoms. The first kappa shape index (κ1) is 17.4. The average molecular weight is 336 g/mol. The zero-order valence-corrected chi connectivity index (χ0v) is 13.3. The van der Waals surface area contributed by atoms with Gasteiger partial charge in [-0.25, -0.2) is 0 Å². The van der Waals surface area contributed by atoms with Gasteiger partial charge in [-0.05, 0) is 24.7 Å². The topological polar surface area (TPSA) is 32.3 Å². The molecule has 1 amide bonds. The van der Waals surface area contributed by atoms with Crippen LogP contribution in [0.3, 0.4) is 0 Å². The molecule has 0 spiro atoms. The lowest BCUT2D eigenvalue weighted by atomic mass is 10.1. The van der Waals surface area contributed by atoms with Crippen molar-refractivity contribution in [2.75, 3.05) is 20.6 Å². The van der Waals surface area contributed by atoms with Crippen LogP contribution in [-0.2, 0) is 11.3 Å². The maximum atomic E-state index is 12.0. The number of nitrogens with zero attached hydrogens (tertiary/aromatic N) is 1. The van der Waals surface area contributed by atoms with Crippen LogP contribution in [0.5, 0.6) is 0 Å². The van der Waals surface area contributed by atoms with Gasteiger partial charge < -0.3 is 10.2 Å². The molecule has 0 radical (unpaired) electrons. The van der Waals surface area contributed by atoms with Gasteiger partial charge in [-0.1, -0.05) is 35.0 Å². The third-order valence-corrected chi connectivity index (χ3v) is 3.17. The van der Waals surface area contributed by atoms with E-state index < -0.39 is 0 Å². The molecule has 1 unspecified atom stereocenters. The van der Waals surface area contributed by atoms with Crippen LogP contribution in [0.1, 0.15) is 12.5 Å². The van der Waals surface area contributed by atoms with Gasteiger partial charge in [0.1, 0.15) is 0 Å². The molecule has 1 aromatic carbocycles. The smallest absolute Gasteiger partial charge is 0.226 e. The van der Waals surface area contributed by atoms with E-state index in [9.17, 15) is 4.79 Å². The summed E-state index contributed by atoms with van der Waals surface area (Å²) in [5, 5.41) is 3.02. The Bertz CT molecular complexity index is 370. The molecular formula is C13H20BrClN2O. The van der Waals surface area contributed by atoms with Crippen LogP contribution < -0.4 is 5.32 Å². The van der Waals surface area contributed by atoms with Crippen molar-refractivity contribution >= 4 is 34.2 Å². The highest BCUT2D eigenvalue weighted by Crippen LogP contribution is 2.12. The fourth-order valence-electron chi connectivity index (χ4n) is 1.71. The highest BCUT2D eigenvalue weighted by atomic mass is 79.9. The fourth-order valence-corrected chi connectivity index (χ4v) is 1.98. The number of carbonyl (C=O) groups is 1. The van der Waals surface area contributed by atoms with Gasteiger partial charge in [0.2, 0.25) is 5.91 Å². The molecule has 102 valence electrons. The van der Waals surface area contributed by atoms with E-state index in [1.807, 2.05) is 45.3 Å². The molecule has 1 aromatic rings. The Hall–Kier alpha value is -0.580. The number of carbonyl (C=O) groups excluding carboxylic acids is 1. The molecule has 0 heterocycles. The third kappa shape index (κ3) is 5.38. The van der Waals surface area contributed by atoms with Crippen LogP contribution in [0.2, 0.25) is 0 Å². The fraction of sp³-hybridized carbons (Fsp3) is 0.462. The summed E-state index contributed by atoms with van der Waals surface area (Å²) in [6, 6.07) is 8.03. The zero-order chi connectivity index (χ0) is 12.8. The predicted octanol–water partition coefficient (Wildman–Crippen LogP) is 2.68. The Morgan fingerprint density at radius 2 is 1.94 bits per heavy atom. The van der Waals surface area contributed by atoms with E-state index in [4.69, 9.17) is 0 Å². The molecule has 1 N–H and O–H groups in total. The maximum Gasteiger partial charge on any atom is 0.226 e. The van der Waals surface area contributed by atoms with E-state index in [1.54, 1.807) is 4.90 Å². The second kappa shape index (κ2) is 8.51. The van der Waals surface area contributed by atoms with E-state index in [-0.39, 0.29) is 24.2 Å². The monoisotopic (exact) mass is 334 g/mol. The van der Waals surface area contributed by atoms with Crippen molar-refractivity contribution in [3.63, 3.8) is 0 Å². The highest BCUT2D eigenvalue weighted by Gasteiger charge is 2.16. The summed E-state index contributed by atoms with van der Waals surface area (Å²) >= 11 is 3.40. The van der Waals surface area contributed by atoms with Crippen molar-refractivity contribution in [1.29, 1.82) is 0 Å². The first-order valence-electron chi connectivity index (χ1n) is 5.68. The van der Waals surface area contributed by atoms with E-state index >= 15 is 0 Å². The first-order chi connectivity index (χ1) is 8.04. The third-order valence-electron chi connectivity index (χ3n) is 2.64. The van der Waals surface area contributed by atoms with Crippen molar-refractivity contribution in [3.05, 3.63) is 34.3 Å². The van der Waals surface area contributed by atoms with Crippen LogP contribution >= 0.6 is 28.3 Å². The SMILES string of the molecule is CNCC(C)C(=O)N(C)Cc1ccc(Br)cc1.Cl. The minimum atomic E-state index is 0. The maximum absolute atomic E-state index is 12.0. The molecule has 0 aliphatic carbocycles. The molecule has 0 saturated carbocycles. The molecule has 1 rings (SSSR count). The van der Waals surface area contributed by atoms with Crippen LogP contribution in [-0.4, -0.2) is 31.4 Å². The Labute approximate surface area is 123 Å². The summed E-state index contributed by atoms with van der Waals surface area (Å²) in [4.78, 5) is 13.7. The normalized spacial score (nSPS) is 11.6. The summed E-state index contributed by atoms with van der Waals surface area (Å²) in [5.74, 6) is 0.183. The number of rotatable bonds is 5. The van der Waals surface area contributed by atoms with Gasteiger partial charge in [0.25, 0.3) is 0 Å². The molecule has 0 fully saturated rings. The number of hydrogen-bond acceptors (Lipinski definition) is 2. The molecule has 0 aliphatic rings. The van der Waals surface area contributed by atoms with Gasteiger partial charge in [0, 0.05) is 30.5 Å². The van der Waals surface area contributed by atoms with Crippen molar-refractivity contribution in [1.82, 2.24) is 10.2 Å². The minimum Gasteiger partial charge on any atom is -0.341 e. The first-order valence-corrected chi connectivity index (χ1v) is 6.48. The summed E-state index contributed by atoms with van der Waals surface area (Å²) in [7, 11) is 3.70. The predicted molar refractivity (Wildman–Crippen MR) is 81.0 cm³/mol. The van der Waals surface area contributed by atoms with Gasteiger partial charge >= 0.3 is 0 Å². The highest BCUT2D eigenvalue weighted by molar-refractivity contribution is 9.10. The van der Waals surface area contributed by atoms with Crippen LogP contribution in [0.25, 0.3) is 0 Å². The van der Waals surface area contributed by atoms with Crippen LogP contribution in [0.15, 0.2) is 28.7 Å². The molecule has 5 heteroatoms. The Morgan fingerprint density at radius 3 is 2.44 bits per heavy atom. The van der Waals surface area contributed by atoms with Crippen molar-refractivity contribution < 1.29 is 4.79 Å². The largest absolute Gasteiger partial charge is 0.341 e. The van der Waals surface area contributed by atoms with Gasteiger partial charge in [-0.15, -0.1) is 12.4 Å². The number of hydrogen-bond donors (Lipinski definition) is 1. The van der Waals surface area contributed by atoms with E-state index in [0.29, 0.717) is 13.1 Å². The molecule has 0 bridgehead atoms. The zero-order valence-electron chi connectivity index (χ0n) is 10.9. The summed E-state index contributed by atoms with van der Waals surface area (Å²) in [6.07, 6.45) is 0. The van der Waals surface area contributed by atoms with Gasteiger partial charge in [0.05, 0.1) is 0 Å². The van der Waals surface area contributed by atoms with Crippen molar-refractivity contribution in [3.8, 4) is 0 Å². The molecule has 0 saturated heterocycles. The van der Waals surface area contributed by atoms with Crippen molar-refractivity contribution in [2.24, 2.45) is 5.92 Å². The number of halogens is 2. The summed E-state index contributed by atoms with van der Waals surface area (Å²) in [6.45, 7) is 3.31. The second-order valence-corrected chi connectivity index (χ2v) is 5.20. The van der Waals surface area contributed by atoms with Crippen molar-refractivity contribution in [2.45, 2.75) is 13.5 Å². The lowest BCUT2D eigenvalue weighted by Gasteiger charge is -2.21. The summed E-state index contributed by atoms with van der Waals surface area (Å²) < 4.78 is 1.05.